The zero-order chi connectivity index (χ0) is 13.0. The molecule has 1 heterocycles. The highest BCUT2D eigenvalue weighted by molar-refractivity contribution is 5.82. The van der Waals surface area contributed by atoms with Crippen LogP contribution in [0.15, 0.2) is 18.2 Å². The number of aromatic nitrogens is 1. The number of aryl methyl sites for hydroxylation is 2. The van der Waals surface area contributed by atoms with Gasteiger partial charge in [0.05, 0.1) is 0 Å². The van der Waals surface area contributed by atoms with Crippen molar-refractivity contribution in [3.63, 3.8) is 0 Å². The number of fused-ring (bicyclic) bond motifs is 1. The molecule has 2 aromatic rings. The molecule has 0 radical (unpaired) electrons. The number of nitrogens with two attached hydrogens (primary N) is 1. The maximum atomic E-state index is 5.82. The molecule has 0 aliphatic rings. The number of nitrogens with one attached hydrogen (secondary N) is 1. The SMILES string of the molecule is CCC.Cc1cc2cc(C(C)N)[nH]c2cc1C. The first kappa shape index (κ1) is 13.8. The van der Waals surface area contributed by atoms with Gasteiger partial charge in [0, 0.05) is 17.3 Å². The second kappa shape index (κ2) is 5.87. The minimum Gasteiger partial charge on any atom is -0.357 e. The predicted molar refractivity (Wildman–Crippen MR) is 76.3 cm³/mol. The molecule has 0 saturated carbocycles. The summed E-state index contributed by atoms with van der Waals surface area (Å²) in [6, 6.07) is 6.58. The van der Waals surface area contributed by atoms with E-state index in [-0.39, 0.29) is 6.04 Å². The summed E-state index contributed by atoms with van der Waals surface area (Å²) in [4.78, 5) is 3.34. The van der Waals surface area contributed by atoms with E-state index in [1.54, 1.807) is 0 Å². The molecule has 2 heteroatoms. The minimum atomic E-state index is 0.0722. The summed E-state index contributed by atoms with van der Waals surface area (Å²) in [6.45, 7) is 10.5. The summed E-state index contributed by atoms with van der Waals surface area (Å²) in [7, 11) is 0. The van der Waals surface area contributed by atoms with Gasteiger partial charge in [0.1, 0.15) is 0 Å². The van der Waals surface area contributed by atoms with Crippen molar-refractivity contribution in [1.29, 1.82) is 0 Å². The third-order valence-corrected chi connectivity index (χ3v) is 2.75. The molecule has 1 atom stereocenters. The number of hydrogen-bond acceptors (Lipinski definition) is 1. The van der Waals surface area contributed by atoms with E-state index in [0.29, 0.717) is 0 Å². The van der Waals surface area contributed by atoms with E-state index in [1.165, 1.54) is 28.5 Å². The second-order valence-electron chi connectivity index (χ2n) is 4.74. The van der Waals surface area contributed by atoms with E-state index >= 15 is 0 Å². The number of aromatic amines is 1. The third kappa shape index (κ3) is 3.34. The lowest BCUT2D eigenvalue weighted by Crippen LogP contribution is -2.04. The normalized spacial score (nSPS) is 12.1. The van der Waals surface area contributed by atoms with Crippen molar-refractivity contribution in [1.82, 2.24) is 4.98 Å². The Morgan fingerprint density at radius 2 is 1.65 bits per heavy atom. The highest BCUT2D eigenvalue weighted by atomic mass is 14.8. The molecule has 1 aromatic carbocycles. The molecule has 0 spiro atoms. The quantitative estimate of drug-likeness (QED) is 0.759. The largest absolute Gasteiger partial charge is 0.357 e. The maximum absolute atomic E-state index is 5.82. The van der Waals surface area contributed by atoms with Crippen LogP contribution >= 0.6 is 0 Å². The van der Waals surface area contributed by atoms with Crippen LogP contribution in [0.1, 0.15) is 50.1 Å². The highest BCUT2D eigenvalue weighted by Crippen LogP contribution is 2.22. The maximum Gasteiger partial charge on any atom is 0.0459 e. The van der Waals surface area contributed by atoms with Crippen LogP contribution in [0.2, 0.25) is 0 Å². The Hall–Kier alpha value is -1.28. The number of H-pyrrole nitrogens is 1. The van der Waals surface area contributed by atoms with Crippen molar-refractivity contribution in [3.8, 4) is 0 Å². The fourth-order valence-corrected chi connectivity index (χ4v) is 1.67. The van der Waals surface area contributed by atoms with Crippen LogP contribution in [0, 0.1) is 13.8 Å². The van der Waals surface area contributed by atoms with Gasteiger partial charge in [-0.2, -0.15) is 0 Å². The molecule has 0 aliphatic carbocycles. The zero-order valence-corrected chi connectivity index (χ0v) is 11.6. The molecule has 94 valence electrons. The van der Waals surface area contributed by atoms with Gasteiger partial charge in [-0.05, 0) is 55.5 Å². The van der Waals surface area contributed by atoms with Gasteiger partial charge < -0.3 is 10.7 Å². The first-order chi connectivity index (χ1) is 7.99. The Morgan fingerprint density at radius 1 is 1.12 bits per heavy atom. The van der Waals surface area contributed by atoms with E-state index in [0.717, 1.165) is 5.69 Å². The van der Waals surface area contributed by atoms with Crippen molar-refractivity contribution in [2.45, 2.75) is 47.1 Å². The van der Waals surface area contributed by atoms with Gasteiger partial charge in [-0.15, -0.1) is 0 Å². The van der Waals surface area contributed by atoms with E-state index in [1.807, 2.05) is 6.92 Å². The van der Waals surface area contributed by atoms with Crippen molar-refractivity contribution in [2.75, 3.05) is 0 Å². The molecule has 17 heavy (non-hydrogen) atoms. The monoisotopic (exact) mass is 232 g/mol. The van der Waals surface area contributed by atoms with Gasteiger partial charge in [-0.3, -0.25) is 0 Å². The van der Waals surface area contributed by atoms with E-state index in [4.69, 9.17) is 5.73 Å². The summed E-state index contributed by atoms with van der Waals surface area (Å²) < 4.78 is 0. The van der Waals surface area contributed by atoms with Gasteiger partial charge in [0.15, 0.2) is 0 Å². The Bertz CT molecular complexity index is 442. The second-order valence-corrected chi connectivity index (χ2v) is 4.74. The minimum absolute atomic E-state index is 0.0722. The first-order valence-corrected chi connectivity index (χ1v) is 6.35. The van der Waals surface area contributed by atoms with Crippen molar-refractivity contribution < 1.29 is 0 Å². The third-order valence-electron chi connectivity index (χ3n) is 2.75. The Balaban J connectivity index is 0.000000437. The summed E-state index contributed by atoms with van der Waals surface area (Å²) in [5.74, 6) is 0. The molecule has 3 N–H and O–H groups in total. The summed E-state index contributed by atoms with van der Waals surface area (Å²) in [6.07, 6.45) is 1.25. The van der Waals surface area contributed by atoms with Crippen LogP contribution < -0.4 is 5.73 Å². The topological polar surface area (TPSA) is 41.8 Å². The molecule has 2 nitrogen and oxygen atoms in total. The van der Waals surface area contributed by atoms with Gasteiger partial charge in [0.2, 0.25) is 0 Å². The van der Waals surface area contributed by atoms with Crippen LogP contribution in [0.3, 0.4) is 0 Å². The Kier molecular flexibility index (Phi) is 4.76. The first-order valence-electron chi connectivity index (χ1n) is 6.35. The number of benzene rings is 1. The average Bonchev–Trinajstić information content (AvgIpc) is 2.63. The van der Waals surface area contributed by atoms with Gasteiger partial charge in [-0.1, -0.05) is 20.3 Å². The molecule has 0 fully saturated rings. The molecule has 0 bridgehead atoms. The molecular formula is C15H24N2. The fraction of sp³-hybridized carbons (Fsp3) is 0.467. The average molecular weight is 232 g/mol. The number of hydrogen-bond donors (Lipinski definition) is 2. The highest BCUT2D eigenvalue weighted by Gasteiger charge is 2.05. The Labute approximate surface area is 104 Å². The summed E-state index contributed by atoms with van der Waals surface area (Å²) >= 11 is 0. The molecule has 0 aliphatic heterocycles. The molecule has 2 rings (SSSR count). The fourth-order valence-electron chi connectivity index (χ4n) is 1.67. The standard InChI is InChI=1S/C12H16N2.C3H8/c1-7-4-10-6-11(9(3)13)14-12(10)5-8(7)2;1-3-2/h4-6,9,14H,13H2,1-3H3;3H2,1-2H3. The van der Waals surface area contributed by atoms with Crippen molar-refractivity contribution >= 4 is 10.9 Å². The summed E-state index contributed by atoms with van der Waals surface area (Å²) in [5.41, 5.74) is 10.7. The van der Waals surface area contributed by atoms with Gasteiger partial charge in [-0.25, -0.2) is 0 Å². The summed E-state index contributed by atoms with van der Waals surface area (Å²) in [5, 5.41) is 1.25. The van der Waals surface area contributed by atoms with Crippen LogP contribution in [-0.4, -0.2) is 4.98 Å². The van der Waals surface area contributed by atoms with E-state index < -0.39 is 0 Å². The number of rotatable bonds is 1. The molecule has 0 saturated heterocycles. The van der Waals surface area contributed by atoms with E-state index in [2.05, 4.69) is 50.9 Å². The van der Waals surface area contributed by atoms with Crippen molar-refractivity contribution in [2.24, 2.45) is 5.73 Å². The van der Waals surface area contributed by atoms with Crippen LogP contribution in [-0.2, 0) is 0 Å². The lowest BCUT2D eigenvalue weighted by atomic mass is 10.1. The van der Waals surface area contributed by atoms with Crippen LogP contribution in [0.5, 0.6) is 0 Å². The molecule has 1 aromatic heterocycles. The Morgan fingerprint density at radius 3 is 2.18 bits per heavy atom. The lowest BCUT2D eigenvalue weighted by Gasteiger charge is -1.99. The van der Waals surface area contributed by atoms with Crippen LogP contribution in [0.4, 0.5) is 0 Å². The van der Waals surface area contributed by atoms with Gasteiger partial charge >= 0.3 is 0 Å². The molecule has 0 amide bonds. The predicted octanol–water partition coefficient (Wildman–Crippen LogP) is 4.22. The van der Waals surface area contributed by atoms with E-state index in [9.17, 15) is 0 Å². The molecule has 1 unspecified atom stereocenters. The molecular weight excluding hydrogens is 208 g/mol. The zero-order valence-electron chi connectivity index (χ0n) is 11.6. The van der Waals surface area contributed by atoms with Crippen LogP contribution in [0.25, 0.3) is 10.9 Å². The smallest absolute Gasteiger partial charge is 0.0459 e. The van der Waals surface area contributed by atoms with Crippen molar-refractivity contribution in [3.05, 3.63) is 35.0 Å². The van der Waals surface area contributed by atoms with Gasteiger partial charge in [0.25, 0.3) is 0 Å². The lowest BCUT2D eigenvalue weighted by molar-refractivity contribution is 0.792.